The van der Waals surface area contributed by atoms with Gasteiger partial charge >= 0.3 is 0 Å². The van der Waals surface area contributed by atoms with E-state index in [1.54, 1.807) is 0 Å². The van der Waals surface area contributed by atoms with E-state index in [0.29, 0.717) is 31.0 Å². The van der Waals surface area contributed by atoms with Crippen LogP contribution in [0.25, 0.3) is 0 Å². The number of aliphatic hydroxyl groups excluding tert-OH is 1. The molecular formula is C14H17F2NO3S. The van der Waals surface area contributed by atoms with Crippen molar-refractivity contribution in [3.8, 4) is 0 Å². The van der Waals surface area contributed by atoms with Crippen LogP contribution in [-0.2, 0) is 9.53 Å². The molecule has 0 bridgehead atoms. The lowest BCUT2D eigenvalue weighted by molar-refractivity contribution is -0.122. The third-order valence-corrected chi connectivity index (χ3v) is 4.41. The summed E-state index contributed by atoms with van der Waals surface area (Å²) in [5, 5.41) is 12.3. The summed E-state index contributed by atoms with van der Waals surface area (Å²) < 4.78 is 31.1. The number of thioether (sulfide) groups is 1. The van der Waals surface area contributed by atoms with Gasteiger partial charge in [0.2, 0.25) is 5.91 Å². The Morgan fingerprint density at radius 3 is 2.67 bits per heavy atom. The van der Waals surface area contributed by atoms with Gasteiger partial charge in [-0.15, -0.1) is 11.8 Å². The van der Waals surface area contributed by atoms with Gasteiger partial charge < -0.3 is 15.2 Å². The summed E-state index contributed by atoms with van der Waals surface area (Å²) in [5.41, 5.74) is -0.635. The van der Waals surface area contributed by atoms with Crippen LogP contribution in [0.5, 0.6) is 0 Å². The highest BCUT2D eigenvalue weighted by Gasteiger charge is 2.33. The van der Waals surface area contributed by atoms with Crippen LogP contribution in [0, 0.1) is 11.6 Å². The van der Waals surface area contributed by atoms with Crippen LogP contribution in [0.2, 0.25) is 0 Å². The quantitative estimate of drug-likeness (QED) is 0.812. The van der Waals surface area contributed by atoms with Crippen molar-refractivity contribution in [1.29, 1.82) is 0 Å². The van der Waals surface area contributed by atoms with Crippen LogP contribution in [0.4, 0.5) is 8.78 Å². The smallest absolute Gasteiger partial charge is 0.230 e. The normalized spacial score (nSPS) is 17.5. The Balaban J connectivity index is 1.87. The number of aliphatic hydroxyl groups is 1. The SMILES string of the molecule is O=C(CSc1ccc(F)c(F)c1)NC1(CO)CCOCC1. The van der Waals surface area contributed by atoms with E-state index in [1.807, 2.05) is 0 Å². The Labute approximate surface area is 125 Å². The molecule has 116 valence electrons. The van der Waals surface area contributed by atoms with Gasteiger partial charge in [0.15, 0.2) is 11.6 Å². The maximum absolute atomic E-state index is 13.1. The highest BCUT2D eigenvalue weighted by molar-refractivity contribution is 8.00. The van der Waals surface area contributed by atoms with E-state index in [9.17, 15) is 18.7 Å². The van der Waals surface area contributed by atoms with Crippen molar-refractivity contribution in [3.05, 3.63) is 29.8 Å². The summed E-state index contributed by atoms with van der Waals surface area (Å²) in [4.78, 5) is 12.4. The zero-order valence-electron chi connectivity index (χ0n) is 11.4. The Morgan fingerprint density at radius 2 is 2.05 bits per heavy atom. The molecule has 1 fully saturated rings. The van der Waals surface area contributed by atoms with E-state index in [-0.39, 0.29) is 18.3 Å². The van der Waals surface area contributed by atoms with Crippen molar-refractivity contribution in [2.24, 2.45) is 0 Å². The standard InChI is InChI=1S/C14H17F2NO3S/c15-11-2-1-10(7-12(11)16)21-8-13(19)17-14(9-18)3-5-20-6-4-14/h1-2,7,18H,3-6,8-9H2,(H,17,19). The second-order valence-corrected chi connectivity index (χ2v) is 6.01. The molecule has 1 heterocycles. The molecule has 0 radical (unpaired) electrons. The lowest BCUT2D eigenvalue weighted by Gasteiger charge is -2.36. The molecule has 1 aliphatic rings. The highest BCUT2D eigenvalue weighted by Crippen LogP contribution is 2.23. The van der Waals surface area contributed by atoms with E-state index >= 15 is 0 Å². The predicted molar refractivity (Wildman–Crippen MR) is 75.1 cm³/mol. The monoisotopic (exact) mass is 317 g/mol. The first-order valence-corrected chi connectivity index (χ1v) is 7.61. The van der Waals surface area contributed by atoms with Crippen LogP contribution in [-0.4, -0.2) is 42.1 Å². The molecule has 2 N–H and O–H groups in total. The van der Waals surface area contributed by atoms with Gasteiger partial charge in [-0.2, -0.15) is 0 Å². The fraction of sp³-hybridized carbons (Fsp3) is 0.500. The molecule has 0 spiro atoms. The number of hydrogen-bond acceptors (Lipinski definition) is 4. The lowest BCUT2D eigenvalue weighted by atomic mass is 9.91. The molecule has 7 heteroatoms. The molecule has 1 aromatic carbocycles. The lowest BCUT2D eigenvalue weighted by Crippen LogP contribution is -2.55. The second-order valence-electron chi connectivity index (χ2n) is 4.96. The van der Waals surface area contributed by atoms with E-state index < -0.39 is 17.2 Å². The number of amides is 1. The molecule has 0 saturated carbocycles. The first kappa shape index (κ1) is 16.2. The van der Waals surface area contributed by atoms with Crippen LogP contribution in [0.3, 0.4) is 0 Å². The van der Waals surface area contributed by atoms with Crippen LogP contribution in [0.1, 0.15) is 12.8 Å². The summed E-state index contributed by atoms with van der Waals surface area (Å²) in [6.45, 7) is 0.853. The zero-order valence-corrected chi connectivity index (χ0v) is 12.2. The number of benzene rings is 1. The third kappa shape index (κ3) is 4.39. The predicted octanol–water partition coefficient (Wildman–Crippen LogP) is 1.71. The molecule has 0 aliphatic carbocycles. The number of carbonyl (C=O) groups excluding carboxylic acids is 1. The summed E-state index contributed by atoms with van der Waals surface area (Å²) in [5.74, 6) is -2.02. The van der Waals surface area contributed by atoms with E-state index in [2.05, 4.69) is 5.32 Å². The van der Waals surface area contributed by atoms with Crippen molar-refractivity contribution in [2.75, 3.05) is 25.6 Å². The van der Waals surface area contributed by atoms with E-state index in [0.717, 1.165) is 23.9 Å². The summed E-state index contributed by atoms with van der Waals surface area (Å²) in [6, 6.07) is 3.51. The van der Waals surface area contributed by atoms with Crippen molar-refractivity contribution in [3.63, 3.8) is 0 Å². The van der Waals surface area contributed by atoms with Gasteiger partial charge in [0, 0.05) is 18.1 Å². The van der Waals surface area contributed by atoms with Crippen molar-refractivity contribution < 1.29 is 23.4 Å². The number of rotatable bonds is 5. The minimum atomic E-state index is -0.934. The fourth-order valence-electron chi connectivity index (χ4n) is 2.13. The molecule has 0 atom stereocenters. The molecule has 1 amide bonds. The van der Waals surface area contributed by atoms with Gasteiger partial charge in [-0.25, -0.2) is 8.78 Å². The minimum absolute atomic E-state index is 0.0771. The van der Waals surface area contributed by atoms with E-state index in [4.69, 9.17) is 4.74 Å². The first-order chi connectivity index (χ1) is 10.0. The minimum Gasteiger partial charge on any atom is -0.394 e. The Kier molecular flexibility index (Phi) is 5.55. The first-order valence-electron chi connectivity index (χ1n) is 6.62. The average molecular weight is 317 g/mol. The van der Waals surface area contributed by atoms with Gasteiger partial charge in [-0.05, 0) is 31.0 Å². The Hall–Kier alpha value is -1.18. The van der Waals surface area contributed by atoms with Gasteiger partial charge in [0.05, 0.1) is 17.9 Å². The molecule has 4 nitrogen and oxygen atoms in total. The Bertz CT molecular complexity index is 507. The highest BCUT2D eigenvalue weighted by atomic mass is 32.2. The maximum atomic E-state index is 13.1. The third-order valence-electron chi connectivity index (χ3n) is 3.42. The summed E-state index contributed by atoms with van der Waals surface area (Å²) in [6.07, 6.45) is 1.12. The Morgan fingerprint density at radius 1 is 1.33 bits per heavy atom. The number of ether oxygens (including phenoxy) is 1. The zero-order chi connectivity index (χ0) is 15.3. The van der Waals surface area contributed by atoms with Crippen molar-refractivity contribution in [1.82, 2.24) is 5.32 Å². The van der Waals surface area contributed by atoms with Crippen LogP contribution >= 0.6 is 11.8 Å². The molecule has 1 saturated heterocycles. The fourth-order valence-corrected chi connectivity index (χ4v) is 2.85. The largest absolute Gasteiger partial charge is 0.394 e. The molecule has 2 rings (SSSR count). The van der Waals surface area contributed by atoms with Gasteiger partial charge in [-0.3, -0.25) is 4.79 Å². The van der Waals surface area contributed by atoms with Gasteiger partial charge in [-0.1, -0.05) is 0 Å². The molecule has 1 aromatic rings. The van der Waals surface area contributed by atoms with Crippen molar-refractivity contribution in [2.45, 2.75) is 23.3 Å². The summed E-state index contributed by atoms with van der Waals surface area (Å²) >= 11 is 1.12. The molecule has 0 unspecified atom stereocenters. The number of hydrogen-bond donors (Lipinski definition) is 2. The molecule has 21 heavy (non-hydrogen) atoms. The van der Waals surface area contributed by atoms with E-state index in [1.165, 1.54) is 6.07 Å². The number of carbonyl (C=O) groups is 1. The second kappa shape index (κ2) is 7.20. The molecule has 1 aliphatic heterocycles. The maximum Gasteiger partial charge on any atom is 0.230 e. The molecular weight excluding hydrogens is 300 g/mol. The van der Waals surface area contributed by atoms with Crippen LogP contribution < -0.4 is 5.32 Å². The summed E-state index contributed by atoms with van der Waals surface area (Å²) in [7, 11) is 0. The van der Waals surface area contributed by atoms with Crippen LogP contribution in [0.15, 0.2) is 23.1 Å². The topological polar surface area (TPSA) is 58.6 Å². The number of halogens is 2. The van der Waals surface area contributed by atoms with Gasteiger partial charge in [0.25, 0.3) is 0 Å². The molecule has 0 aromatic heterocycles. The van der Waals surface area contributed by atoms with Crippen molar-refractivity contribution >= 4 is 17.7 Å². The van der Waals surface area contributed by atoms with Gasteiger partial charge in [0.1, 0.15) is 0 Å². The number of nitrogens with one attached hydrogen (secondary N) is 1. The average Bonchev–Trinajstić information content (AvgIpc) is 2.49.